The minimum atomic E-state index is -2.17. The summed E-state index contributed by atoms with van der Waals surface area (Å²) < 4.78 is 0. The maximum absolute atomic E-state index is 7.17. The Morgan fingerprint density at radius 2 is 0.526 bits per heavy atom. The molecule has 0 rings (SSSR count). The minimum absolute atomic E-state index is 0. The van der Waals surface area contributed by atoms with E-state index in [0.717, 1.165) is 0 Å². The molecule has 19 heavy (non-hydrogen) atoms. The quantitative estimate of drug-likeness (QED) is 0.350. The Balaban J connectivity index is -0.0000000793. The van der Waals surface area contributed by atoms with Crippen molar-refractivity contribution in [2.24, 2.45) is 17.2 Å². The summed E-state index contributed by atoms with van der Waals surface area (Å²) in [6.45, 7) is 17.7. The van der Waals surface area contributed by atoms with Crippen LogP contribution in [0.1, 0.15) is 62.3 Å². The maximum Gasteiger partial charge on any atom is 0.631 e. The van der Waals surface area contributed by atoms with E-state index in [-0.39, 0.29) is 16.6 Å². The SMILES string of the molecule is CC(C)(C)N.CC(C)(C)N.CC(C)(C)N.OB(O)O. The van der Waals surface area contributed by atoms with Crippen molar-refractivity contribution in [1.29, 1.82) is 0 Å². The van der Waals surface area contributed by atoms with Crippen LogP contribution in [-0.4, -0.2) is 39.0 Å². The molecule has 0 saturated carbocycles. The fraction of sp³-hybridized carbons (Fsp3) is 1.00. The molecule has 0 amide bonds. The molecular formula is C12H36BN3O3. The number of hydrogen-bond acceptors (Lipinski definition) is 6. The minimum Gasteiger partial charge on any atom is -0.402 e. The van der Waals surface area contributed by atoms with Gasteiger partial charge in [0.25, 0.3) is 0 Å². The summed E-state index contributed by atoms with van der Waals surface area (Å²) in [5, 5.41) is 21.5. The molecule has 0 atom stereocenters. The van der Waals surface area contributed by atoms with Crippen molar-refractivity contribution in [3.8, 4) is 0 Å². The molecule has 120 valence electrons. The van der Waals surface area contributed by atoms with E-state index in [4.69, 9.17) is 32.3 Å². The molecule has 0 aromatic carbocycles. The van der Waals surface area contributed by atoms with E-state index in [9.17, 15) is 0 Å². The zero-order chi connectivity index (χ0) is 17.1. The van der Waals surface area contributed by atoms with Crippen molar-refractivity contribution in [1.82, 2.24) is 0 Å². The van der Waals surface area contributed by atoms with Crippen molar-refractivity contribution in [3.63, 3.8) is 0 Å². The second kappa shape index (κ2) is 11.6. The van der Waals surface area contributed by atoms with Crippen molar-refractivity contribution in [2.45, 2.75) is 78.9 Å². The van der Waals surface area contributed by atoms with E-state index in [0.29, 0.717) is 0 Å². The molecule has 0 aromatic rings. The van der Waals surface area contributed by atoms with Gasteiger partial charge in [-0.15, -0.1) is 0 Å². The highest BCUT2D eigenvalue weighted by Crippen LogP contribution is 1.88. The average Bonchev–Trinajstić information content (AvgIpc) is 1.66. The van der Waals surface area contributed by atoms with Crippen LogP contribution in [0.3, 0.4) is 0 Å². The first-order chi connectivity index (χ1) is 7.73. The molecule has 0 aliphatic rings. The van der Waals surface area contributed by atoms with Gasteiger partial charge in [-0.3, -0.25) is 0 Å². The number of rotatable bonds is 0. The summed E-state index contributed by atoms with van der Waals surface area (Å²) in [4.78, 5) is 0. The van der Waals surface area contributed by atoms with Gasteiger partial charge >= 0.3 is 7.32 Å². The Bertz CT molecular complexity index is 133. The average molecular weight is 281 g/mol. The molecule has 0 bridgehead atoms. The van der Waals surface area contributed by atoms with Gasteiger partial charge in [-0.2, -0.15) is 0 Å². The Labute approximate surface area is 119 Å². The fourth-order valence-corrected chi connectivity index (χ4v) is 0. The zero-order valence-corrected chi connectivity index (χ0v) is 14.2. The van der Waals surface area contributed by atoms with Crippen molar-refractivity contribution in [2.75, 3.05) is 0 Å². The highest BCUT2D eigenvalue weighted by Gasteiger charge is 1.96. The Kier molecular flexibility index (Phi) is 16.7. The zero-order valence-electron chi connectivity index (χ0n) is 14.2. The molecular weight excluding hydrogens is 245 g/mol. The number of hydrogen-bond donors (Lipinski definition) is 6. The van der Waals surface area contributed by atoms with Gasteiger partial charge in [-0.25, -0.2) is 0 Å². The largest absolute Gasteiger partial charge is 0.631 e. The third-order valence-electron chi connectivity index (χ3n) is 0. The molecule has 0 aliphatic carbocycles. The summed E-state index contributed by atoms with van der Waals surface area (Å²) in [5.74, 6) is 0. The van der Waals surface area contributed by atoms with E-state index in [1.54, 1.807) is 0 Å². The smallest absolute Gasteiger partial charge is 0.402 e. The lowest BCUT2D eigenvalue weighted by atomic mass is 10.1. The van der Waals surface area contributed by atoms with Crippen LogP contribution < -0.4 is 17.2 Å². The standard InChI is InChI=1S/3C4H11N.BH3O3/c3*1-4(2,3)5;2-1(3)4/h3*5H2,1-3H3;2-4H. The van der Waals surface area contributed by atoms with Gasteiger partial charge in [-0.1, -0.05) is 0 Å². The van der Waals surface area contributed by atoms with Gasteiger partial charge < -0.3 is 32.3 Å². The van der Waals surface area contributed by atoms with Crippen molar-refractivity contribution >= 4 is 7.32 Å². The first kappa shape index (κ1) is 27.2. The Morgan fingerprint density at radius 1 is 0.526 bits per heavy atom. The molecule has 6 nitrogen and oxygen atoms in total. The van der Waals surface area contributed by atoms with Gasteiger partial charge in [0.1, 0.15) is 0 Å². The third-order valence-corrected chi connectivity index (χ3v) is 0. The molecule has 0 saturated heterocycles. The summed E-state index contributed by atoms with van der Waals surface area (Å²) in [6.07, 6.45) is 0. The highest BCUT2D eigenvalue weighted by atomic mass is 16.5. The lowest BCUT2D eigenvalue weighted by Crippen LogP contribution is -2.26. The van der Waals surface area contributed by atoms with Crippen LogP contribution in [0.2, 0.25) is 0 Å². The van der Waals surface area contributed by atoms with Gasteiger partial charge in [0.05, 0.1) is 0 Å². The predicted molar refractivity (Wildman–Crippen MR) is 84.2 cm³/mol. The third kappa shape index (κ3) is 146000. The summed E-state index contributed by atoms with van der Waals surface area (Å²) >= 11 is 0. The first-order valence-corrected chi connectivity index (χ1v) is 6.14. The molecule has 0 heterocycles. The van der Waals surface area contributed by atoms with Crippen LogP contribution in [0.5, 0.6) is 0 Å². The second-order valence-corrected chi connectivity index (χ2v) is 7.44. The molecule has 0 aliphatic heterocycles. The van der Waals surface area contributed by atoms with Gasteiger partial charge in [0.2, 0.25) is 0 Å². The molecule has 0 unspecified atom stereocenters. The van der Waals surface area contributed by atoms with Crippen LogP contribution >= 0.6 is 0 Å². The van der Waals surface area contributed by atoms with Crippen LogP contribution in [0.15, 0.2) is 0 Å². The van der Waals surface area contributed by atoms with E-state index in [2.05, 4.69) is 0 Å². The highest BCUT2D eigenvalue weighted by molar-refractivity contribution is 6.30. The van der Waals surface area contributed by atoms with Crippen LogP contribution in [0.25, 0.3) is 0 Å². The van der Waals surface area contributed by atoms with Crippen LogP contribution in [0, 0.1) is 0 Å². The Hall–Kier alpha value is -0.175. The van der Waals surface area contributed by atoms with Gasteiger partial charge in [-0.05, 0) is 62.3 Å². The van der Waals surface area contributed by atoms with Gasteiger partial charge in [0, 0.05) is 16.6 Å². The Morgan fingerprint density at radius 3 is 0.526 bits per heavy atom. The summed E-state index contributed by atoms with van der Waals surface area (Å²) in [6, 6.07) is 0. The first-order valence-electron chi connectivity index (χ1n) is 6.14. The summed E-state index contributed by atoms with van der Waals surface area (Å²) in [7, 11) is -2.17. The molecule has 0 radical (unpaired) electrons. The van der Waals surface area contributed by atoms with E-state index in [1.165, 1.54) is 0 Å². The molecule has 0 aromatic heterocycles. The normalized spacial score (nSPS) is 10.9. The van der Waals surface area contributed by atoms with E-state index < -0.39 is 7.32 Å². The molecule has 0 fully saturated rings. The summed E-state index contributed by atoms with van der Waals surface area (Å²) in [5.41, 5.74) is 16.1. The topological polar surface area (TPSA) is 139 Å². The van der Waals surface area contributed by atoms with E-state index >= 15 is 0 Å². The fourth-order valence-electron chi connectivity index (χ4n) is 0. The second-order valence-electron chi connectivity index (χ2n) is 7.44. The monoisotopic (exact) mass is 281 g/mol. The lowest BCUT2D eigenvalue weighted by molar-refractivity contribution is 0.278. The van der Waals surface area contributed by atoms with E-state index in [1.807, 2.05) is 62.3 Å². The lowest BCUT2D eigenvalue weighted by Gasteiger charge is -2.06. The van der Waals surface area contributed by atoms with Crippen LogP contribution in [0.4, 0.5) is 0 Å². The molecule has 9 N–H and O–H groups in total. The van der Waals surface area contributed by atoms with Crippen LogP contribution in [-0.2, 0) is 0 Å². The predicted octanol–water partition coefficient (Wildman–Crippen LogP) is 0.179. The number of nitrogens with two attached hydrogens (primary N) is 3. The van der Waals surface area contributed by atoms with Crippen molar-refractivity contribution < 1.29 is 15.1 Å². The molecule has 7 heteroatoms. The maximum atomic E-state index is 7.17. The van der Waals surface area contributed by atoms with Crippen molar-refractivity contribution in [3.05, 3.63) is 0 Å². The van der Waals surface area contributed by atoms with Gasteiger partial charge in [0.15, 0.2) is 0 Å². The molecule has 0 spiro atoms.